The first-order valence-electron chi connectivity index (χ1n) is 7.67. The zero-order valence-corrected chi connectivity index (χ0v) is 13.7. The highest BCUT2D eigenvalue weighted by molar-refractivity contribution is 6.02. The number of hydrogen-bond donors (Lipinski definition) is 1. The van der Waals surface area contributed by atoms with Crippen molar-refractivity contribution < 1.29 is 14.3 Å². The second-order valence-corrected chi connectivity index (χ2v) is 4.97. The van der Waals surface area contributed by atoms with E-state index in [-0.39, 0.29) is 17.6 Å². The molecule has 0 fully saturated rings. The predicted octanol–water partition coefficient (Wildman–Crippen LogP) is 1.19. The van der Waals surface area contributed by atoms with E-state index in [1.54, 1.807) is 34.7 Å². The molecule has 2 aromatic rings. The molecule has 2 amide bonds. The first kappa shape index (κ1) is 17.0. The SMILES string of the molecule is CCN(CC)C(=O)c1nc(C(=O)NCCOC)n2ccccc12. The number of rotatable bonds is 7. The smallest absolute Gasteiger partial charge is 0.287 e. The molecular weight excluding hydrogens is 296 g/mol. The number of pyridine rings is 1. The molecule has 0 aliphatic heterocycles. The third-order valence-electron chi connectivity index (χ3n) is 3.60. The van der Waals surface area contributed by atoms with Crippen LogP contribution >= 0.6 is 0 Å². The molecule has 2 rings (SSSR count). The van der Waals surface area contributed by atoms with E-state index in [4.69, 9.17) is 4.74 Å². The predicted molar refractivity (Wildman–Crippen MR) is 86.7 cm³/mol. The molecule has 0 unspecified atom stereocenters. The highest BCUT2D eigenvalue weighted by atomic mass is 16.5. The third kappa shape index (κ3) is 3.50. The quantitative estimate of drug-likeness (QED) is 0.778. The normalized spacial score (nSPS) is 10.7. The van der Waals surface area contributed by atoms with Gasteiger partial charge in [0.2, 0.25) is 5.82 Å². The lowest BCUT2D eigenvalue weighted by molar-refractivity contribution is 0.0769. The number of amides is 2. The van der Waals surface area contributed by atoms with Crippen LogP contribution in [0.3, 0.4) is 0 Å². The molecule has 23 heavy (non-hydrogen) atoms. The maximum absolute atomic E-state index is 12.6. The van der Waals surface area contributed by atoms with Crippen LogP contribution in [-0.4, -0.2) is 59.4 Å². The van der Waals surface area contributed by atoms with E-state index in [9.17, 15) is 9.59 Å². The first-order valence-corrected chi connectivity index (χ1v) is 7.67. The fourth-order valence-electron chi connectivity index (χ4n) is 2.36. The van der Waals surface area contributed by atoms with Crippen LogP contribution in [0.1, 0.15) is 35.0 Å². The summed E-state index contributed by atoms with van der Waals surface area (Å²) in [5.74, 6) is -0.302. The lowest BCUT2D eigenvalue weighted by Gasteiger charge is -2.17. The van der Waals surface area contributed by atoms with Gasteiger partial charge in [-0.3, -0.25) is 14.0 Å². The van der Waals surface area contributed by atoms with Crippen molar-refractivity contribution in [3.63, 3.8) is 0 Å². The van der Waals surface area contributed by atoms with Crippen LogP contribution < -0.4 is 5.32 Å². The van der Waals surface area contributed by atoms with E-state index in [1.807, 2.05) is 19.9 Å². The number of carbonyl (C=O) groups excluding carboxylic acids is 2. The average Bonchev–Trinajstić information content (AvgIpc) is 2.95. The van der Waals surface area contributed by atoms with Crippen molar-refractivity contribution in [2.45, 2.75) is 13.8 Å². The van der Waals surface area contributed by atoms with E-state index in [0.29, 0.717) is 37.5 Å². The fourth-order valence-corrected chi connectivity index (χ4v) is 2.36. The number of hydrogen-bond acceptors (Lipinski definition) is 4. The van der Waals surface area contributed by atoms with Gasteiger partial charge in [0, 0.05) is 32.9 Å². The Labute approximate surface area is 135 Å². The monoisotopic (exact) mass is 318 g/mol. The highest BCUT2D eigenvalue weighted by Crippen LogP contribution is 2.15. The average molecular weight is 318 g/mol. The minimum Gasteiger partial charge on any atom is -0.383 e. The summed E-state index contributed by atoms with van der Waals surface area (Å²) in [4.78, 5) is 30.9. The lowest BCUT2D eigenvalue weighted by atomic mass is 10.3. The third-order valence-corrected chi connectivity index (χ3v) is 3.60. The van der Waals surface area contributed by atoms with Crippen molar-refractivity contribution >= 4 is 17.3 Å². The number of nitrogens with zero attached hydrogens (tertiary/aromatic N) is 3. The molecule has 124 valence electrons. The van der Waals surface area contributed by atoms with Crippen molar-refractivity contribution in [1.82, 2.24) is 19.6 Å². The minimum atomic E-state index is -0.332. The van der Waals surface area contributed by atoms with Gasteiger partial charge in [0.25, 0.3) is 11.8 Å². The summed E-state index contributed by atoms with van der Waals surface area (Å²) < 4.78 is 6.55. The fraction of sp³-hybridized carbons (Fsp3) is 0.438. The zero-order valence-electron chi connectivity index (χ0n) is 13.7. The van der Waals surface area contributed by atoms with E-state index < -0.39 is 0 Å². The van der Waals surface area contributed by atoms with Gasteiger partial charge in [-0.2, -0.15) is 0 Å². The number of fused-ring (bicyclic) bond motifs is 1. The zero-order chi connectivity index (χ0) is 16.8. The van der Waals surface area contributed by atoms with Crippen LogP contribution in [0, 0.1) is 0 Å². The van der Waals surface area contributed by atoms with Crippen LogP contribution in [-0.2, 0) is 4.74 Å². The molecule has 7 heteroatoms. The summed E-state index contributed by atoms with van der Waals surface area (Å²) in [7, 11) is 1.57. The van der Waals surface area contributed by atoms with Crippen molar-refractivity contribution in [3.8, 4) is 0 Å². The Kier molecular flexibility index (Phi) is 5.70. The Hall–Kier alpha value is -2.41. The second kappa shape index (κ2) is 7.73. The Balaban J connectivity index is 2.40. The van der Waals surface area contributed by atoms with Crippen LogP contribution in [0.2, 0.25) is 0 Å². The molecule has 0 atom stereocenters. The number of nitrogens with one attached hydrogen (secondary N) is 1. The van der Waals surface area contributed by atoms with E-state index in [2.05, 4.69) is 10.3 Å². The Morgan fingerprint density at radius 3 is 2.70 bits per heavy atom. The van der Waals surface area contributed by atoms with Gasteiger partial charge in [-0.05, 0) is 26.0 Å². The summed E-state index contributed by atoms with van der Waals surface area (Å²) in [6, 6.07) is 5.41. The maximum Gasteiger partial charge on any atom is 0.287 e. The van der Waals surface area contributed by atoms with Crippen molar-refractivity contribution in [1.29, 1.82) is 0 Å². The highest BCUT2D eigenvalue weighted by Gasteiger charge is 2.23. The number of carbonyl (C=O) groups is 2. The van der Waals surface area contributed by atoms with Gasteiger partial charge in [-0.15, -0.1) is 0 Å². The van der Waals surface area contributed by atoms with Crippen LogP contribution in [0.25, 0.3) is 5.52 Å². The van der Waals surface area contributed by atoms with Crippen molar-refractivity contribution in [3.05, 3.63) is 35.9 Å². The summed E-state index contributed by atoms with van der Waals surface area (Å²) in [5, 5.41) is 2.73. The van der Waals surface area contributed by atoms with Gasteiger partial charge >= 0.3 is 0 Å². The van der Waals surface area contributed by atoms with Gasteiger partial charge < -0.3 is 15.0 Å². The minimum absolute atomic E-state index is 0.172. The van der Waals surface area contributed by atoms with E-state index >= 15 is 0 Å². The van der Waals surface area contributed by atoms with Gasteiger partial charge in [-0.1, -0.05) is 6.07 Å². The molecule has 0 aromatic carbocycles. The van der Waals surface area contributed by atoms with Gasteiger partial charge in [-0.25, -0.2) is 4.98 Å². The molecule has 0 aliphatic rings. The van der Waals surface area contributed by atoms with Crippen LogP contribution in [0.4, 0.5) is 0 Å². The molecule has 0 saturated heterocycles. The summed E-state index contributed by atoms with van der Waals surface area (Å²) >= 11 is 0. The Morgan fingerprint density at radius 1 is 1.30 bits per heavy atom. The molecule has 2 heterocycles. The molecule has 7 nitrogen and oxygen atoms in total. The lowest BCUT2D eigenvalue weighted by Crippen LogP contribution is -2.31. The van der Waals surface area contributed by atoms with Gasteiger partial charge in [0.15, 0.2) is 5.69 Å². The maximum atomic E-state index is 12.6. The number of imidazole rings is 1. The van der Waals surface area contributed by atoms with Crippen molar-refractivity contribution in [2.24, 2.45) is 0 Å². The molecule has 0 saturated carbocycles. The van der Waals surface area contributed by atoms with Crippen LogP contribution in [0.5, 0.6) is 0 Å². The molecule has 2 aromatic heterocycles. The summed E-state index contributed by atoms with van der Waals surface area (Å²) in [5.41, 5.74) is 0.924. The van der Waals surface area contributed by atoms with E-state index in [1.165, 1.54) is 0 Å². The Morgan fingerprint density at radius 2 is 2.04 bits per heavy atom. The number of aromatic nitrogens is 2. The second-order valence-electron chi connectivity index (χ2n) is 4.97. The molecular formula is C16H22N4O3. The first-order chi connectivity index (χ1) is 11.1. The van der Waals surface area contributed by atoms with Gasteiger partial charge in [0.1, 0.15) is 0 Å². The molecule has 0 spiro atoms. The van der Waals surface area contributed by atoms with Crippen LogP contribution in [0.15, 0.2) is 24.4 Å². The standard InChI is InChI=1S/C16H22N4O3/c1-4-19(5-2)16(22)13-12-8-6-7-10-20(12)14(18-13)15(21)17-9-11-23-3/h6-8,10H,4-5,9,11H2,1-3H3,(H,17,21). The largest absolute Gasteiger partial charge is 0.383 e. The number of ether oxygens (including phenoxy) is 1. The summed E-state index contributed by atoms with van der Waals surface area (Å²) in [6.07, 6.45) is 1.73. The molecule has 0 bridgehead atoms. The molecule has 1 N–H and O–H groups in total. The van der Waals surface area contributed by atoms with E-state index in [0.717, 1.165) is 0 Å². The molecule has 0 aliphatic carbocycles. The molecule has 0 radical (unpaired) electrons. The summed E-state index contributed by atoms with van der Waals surface area (Å²) in [6.45, 7) is 5.82. The van der Waals surface area contributed by atoms with Crippen molar-refractivity contribution in [2.75, 3.05) is 33.4 Å². The topological polar surface area (TPSA) is 75.9 Å². The number of methoxy groups -OCH3 is 1. The van der Waals surface area contributed by atoms with Gasteiger partial charge in [0.05, 0.1) is 12.1 Å². The Bertz CT molecular complexity index is 692.